The van der Waals surface area contributed by atoms with Gasteiger partial charge < -0.3 is 0 Å². The van der Waals surface area contributed by atoms with Gasteiger partial charge in [0, 0.05) is 43.2 Å². The third-order valence-electron chi connectivity index (χ3n) is 4.15. The lowest BCUT2D eigenvalue weighted by Gasteiger charge is -2.24. The number of hydrogen-bond donors (Lipinski definition) is 0. The highest BCUT2D eigenvalue weighted by Crippen LogP contribution is 2.27. The van der Waals surface area contributed by atoms with Crippen LogP contribution in [-0.2, 0) is 13.6 Å². The van der Waals surface area contributed by atoms with Gasteiger partial charge in [-0.05, 0) is 32.2 Å². The molecule has 5 nitrogen and oxygen atoms in total. The molecule has 124 valence electrons. The summed E-state index contributed by atoms with van der Waals surface area (Å²) < 4.78 is 15.9. The van der Waals surface area contributed by atoms with Crippen LogP contribution in [0, 0.1) is 5.82 Å². The maximum Gasteiger partial charge on any atom is 0.132 e. The summed E-state index contributed by atoms with van der Waals surface area (Å²) in [5, 5.41) is 4.45. The second-order valence-electron chi connectivity index (χ2n) is 5.88. The van der Waals surface area contributed by atoms with Gasteiger partial charge in [0.05, 0.1) is 11.4 Å². The summed E-state index contributed by atoms with van der Waals surface area (Å²) in [6, 6.07) is 8.74. The molecule has 1 atom stereocenters. The summed E-state index contributed by atoms with van der Waals surface area (Å²) in [5.41, 5.74) is 3.13. The molecule has 0 N–H and O–H groups in total. The number of aryl methyl sites for hydroxylation is 1. The van der Waals surface area contributed by atoms with Crippen molar-refractivity contribution in [1.82, 2.24) is 24.6 Å². The zero-order valence-electron chi connectivity index (χ0n) is 14.0. The third-order valence-corrected chi connectivity index (χ3v) is 4.15. The van der Waals surface area contributed by atoms with E-state index in [1.165, 1.54) is 6.07 Å². The molecule has 1 aromatic carbocycles. The fraction of sp³-hybridized carbons (Fsp3) is 0.278. The smallest absolute Gasteiger partial charge is 0.132 e. The van der Waals surface area contributed by atoms with Crippen LogP contribution < -0.4 is 0 Å². The van der Waals surface area contributed by atoms with Crippen LogP contribution in [0.2, 0.25) is 0 Å². The first-order valence-corrected chi connectivity index (χ1v) is 7.80. The molecule has 0 aliphatic rings. The van der Waals surface area contributed by atoms with Crippen LogP contribution in [-0.4, -0.2) is 31.7 Å². The normalized spacial score (nSPS) is 12.5. The van der Waals surface area contributed by atoms with Crippen LogP contribution in [0.25, 0.3) is 11.3 Å². The second kappa shape index (κ2) is 6.88. The first kappa shape index (κ1) is 16.3. The van der Waals surface area contributed by atoms with Gasteiger partial charge in [0.2, 0.25) is 0 Å². The van der Waals surface area contributed by atoms with Gasteiger partial charge in [-0.2, -0.15) is 5.10 Å². The third kappa shape index (κ3) is 3.33. The average Bonchev–Trinajstić information content (AvgIpc) is 2.95. The molecule has 3 aromatic rings. The van der Waals surface area contributed by atoms with Crippen molar-refractivity contribution in [3.63, 3.8) is 0 Å². The Morgan fingerprint density at radius 2 is 2.04 bits per heavy atom. The summed E-state index contributed by atoms with van der Waals surface area (Å²) in [6.45, 7) is 2.73. The maximum absolute atomic E-state index is 14.1. The first-order chi connectivity index (χ1) is 11.6. The lowest BCUT2D eigenvalue weighted by atomic mass is 10.1. The Morgan fingerprint density at radius 3 is 2.75 bits per heavy atom. The van der Waals surface area contributed by atoms with E-state index in [-0.39, 0.29) is 11.9 Å². The molecular weight excluding hydrogens is 305 g/mol. The SMILES string of the molecule is CC(c1ccncn1)N(C)Cc1cn(C)nc1-c1ccccc1F. The monoisotopic (exact) mass is 325 g/mol. The molecule has 3 rings (SSSR count). The molecule has 0 aliphatic heterocycles. The minimum absolute atomic E-state index is 0.113. The van der Waals surface area contributed by atoms with Gasteiger partial charge in [-0.15, -0.1) is 0 Å². The maximum atomic E-state index is 14.1. The molecule has 0 saturated carbocycles. The van der Waals surface area contributed by atoms with Crippen LogP contribution in [0.1, 0.15) is 24.2 Å². The molecule has 0 bridgehead atoms. The number of benzene rings is 1. The van der Waals surface area contributed by atoms with Crippen LogP contribution in [0.4, 0.5) is 4.39 Å². The van der Waals surface area contributed by atoms with Gasteiger partial charge in [0.1, 0.15) is 12.1 Å². The molecule has 2 aromatic heterocycles. The van der Waals surface area contributed by atoms with E-state index < -0.39 is 0 Å². The van der Waals surface area contributed by atoms with E-state index in [0.29, 0.717) is 17.8 Å². The summed E-state index contributed by atoms with van der Waals surface area (Å²) in [7, 11) is 3.87. The van der Waals surface area contributed by atoms with Gasteiger partial charge in [0.15, 0.2) is 0 Å². The van der Waals surface area contributed by atoms with Crippen molar-refractivity contribution in [1.29, 1.82) is 0 Å². The zero-order valence-corrected chi connectivity index (χ0v) is 14.0. The summed E-state index contributed by atoms with van der Waals surface area (Å²) in [4.78, 5) is 10.4. The first-order valence-electron chi connectivity index (χ1n) is 7.80. The molecule has 0 saturated heterocycles. The van der Waals surface area contributed by atoms with Gasteiger partial charge in [-0.25, -0.2) is 14.4 Å². The Balaban J connectivity index is 1.87. The van der Waals surface area contributed by atoms with Crippen LogP contribution in [0.15, 0.2) is 49.1 Å². The molecule has 0 fully saturated rings. The van der Waals surface area contributed by atoms with E-state index in [0.717, 1.165) is 11.3 Å². The minimum Gasteiger partial charge on any atom is -0.294 e. The predicted octanol–water partition coefficient (Wildman–Crippen LogP) is 3.21. The highest BCUT2D eigenvalue weighted by Gasteiger charge is 2.18. The van der Waals surface area contributed by atoms with Gasteiger partial charge in [0.25, 0.3) is 0 Å². The number of hydrogen-bond acceptors (Lipinski definition) is 4. The average molecular weight is 325 g/mol. The highest BCUT2D eigenvalue weighted by atomic mass is 19.1. The lowest BCUT2D eigenvalue weighted by molar-refractivity contribution is 0.248. The molecule has 24 heavy (non-hydrogen) atoms. The van der Waals surface area contributed by atoms with Crippen LogP contribution in [0.3, 0.4) is 0 Å². The van der Waals surface area contributed by atoms with E-state index in [9.17, 15) is 4.39 Å². The van der Waals surface area contributed by atoms with Crippen molar-refractivity contribution < 1.29 is 4.39 Å². The molecule has 0 spiro atoms. The molecule has 6 heteroatoms. The van der Waals surface area contributed by atoms with Gasteiger partial charge >= 0.3 is 0 Å². The Morgan fingerprint density at radius 1 is 1.25 bits per heavy atom. The fourth-order valence-corrected chi connectivity index (χ4v) is 2.71. The molecule has 2 heterocycles. The van der Waals surface area contributed by atoms with Crippen molar-refractivity contribution in [2.75, 3.05) is 7.05 Å². The number of nitrogens with zero attached hydrogens (tertiary/aromatic N) is 5. The van der Waals surface area contributed by atoms with Crippen molar-refractivity contribution in [2.24, 2.45) is 7.05 Å². The zero-order chi connectivity index (χ0) is 17.1. The Hall–Kier alpha value is -2.60. The molecule has 0 aliphatic carbocycles. The molecule has 0 amide bonds. The minimum atomic E-state index is -0.260. The summed E-state index contributed by atoms with van der Waals surface area (Å²) in [5.74, 6) is -0.260. The van der Waals surface area contributed by atoms with Crippen molar-refractivity contribution in [2.45, 2.75) is 19.5 Å². The number of rotatable bonds is 5. The Kier molecular flexibility index (Phi) is 4.66. The van der Waals surface area contributed by atoms with E-state index >= 15 is 0 Å². The quantitative estimate of drug-likeness (QED) is 0.723. The fourth-order valence-electron chi connectivity index (χ4n) is 2.71. The van der Waals surface area contributed by atoms with Crippen LogP contribution >= 0.6 is 0 Å². The van der Waals surface area contributed by atoms with E-state index in [1.807, 2.05) is 32.4 Å². The second-order valence-corrected chi connectivity index (χ2v) is 5.88. The Bertz CT molecular complexity index is 815. The van der Waals surface area contributed by atoms with E-state index in [1.54, 1.807) is 29.3 Å². The number of aromatic nitrogens is 4. The molecule has 0 radical (unpaired) electrons. The molecule has 1 unspecified atom stereocenters. The Labute approximate surface area is 140 Å². The highest BCUT2D eigenvalue weighted by molar-refractivity contribution is 5.63. The predicted molar refractivity (Wildman–Crippen MR) is 90.5 cm³/mol. The lowest BCUT2D eigenvalue weighted by Crippen LogP contribution is -2.22. The van der Waals surface area contributed by atoms with E-state index in [4.69, 9.17) is 0 Å². The van der Waals surface area contributed by atoms with Crippen molar-refractivity contribution >= 4 is 0 Å². The summed E-state index contributed by atoms with van der Waals surface area (Å²) in [6.07, 6.45) is 5.22. The van der Waals surface area contributed by atoms with Crippen molar-refractivity contribution in [3.05, 3.63) is 66.1 Å². The standard InChI is InChI=1S/C18H20FN5/c1-13(17-8-9-20-12-21-17)23(2)10-14-11-24(3)22-18(14)15-6-4-5-7-16(15)19/h4-9,11-13H,10H2,1-3H3. The van der Waals surface area contributed by atoms with Gasteiger partial charge in [-0.3, -0.25) is 9.58 Å². The summed E-state index contributed by atoms with van der Waals surface area (Å²) >= 11 is 0. The van der Waals surface area contributed by atoms with Crippen LogP contribution in [0.5, 0.6) is 0 Å². The largest absolute Gasteiger partial charge is 0.294 e. The number of halogens is 1. The van der Waals surface area contributed by atoms with E-state index in [2.05, 4.69) is 26.9 Å². The van der Waals surface area contributed by atoms with Crippen molar-refractivity contribution in [3.8, 4) is 11.3 Å². The van der Waals surface area contributed by atoms with Gasteiger partial charge in [-0.1, -0.05) is 12.1 Å². The molecular formula is C18H20FN5. The topological polar surface area (TPSA) is 46.8 Å².